The van der Waals surface area contributed by atoms with Crippen molar-refractivity contribution in [2.75, 3.05) is 37.6 Å². The zero-order chi connectivity index (χ0) is 20.9. The van der Waals surface area contributed by atoms with E-state index in [9.17, 15) is 17.6 Å². The van der Waals surface area contributed by atoms with Crippen LogP contribution in [-0.2, 0) is 10.0 Å². The second kappa shape index (κ2) is 9.37. The Kier molecular flexibility index (Phi) is 6.87. The molecule has 1 aliphatic rings. The van der Waals surface area contributed by atoms with Crippen LogP contribution in [0.25, 0.3) is 0 Å². The van der Waals surface area contributed by atoms with E-state index in [2.05, 4.69) is 5.32 Å². The summed E-state index contributed by atoms with van der Waals surface area (Å²) in [5.41, 5.74) is 1.21. The first kappa shape index (κ1) is 21.3. The molecule has 1 saturated heterocycles. The average molecular weight is 420 g/mol. The van der Waals surface area contributed by atoms with Gasteiger partial charge in [0, 0.05) is 44.0 Å². The number of nitrogens with one attached hydrogen (secondary N) is 1. The summed E-state index contributed by atoms with van der Waals surface area (Å²) in [5, 5.41) is 2.81. The largest absolute Gasteiger partial charge is 0.369 e. The van der Waals surface area contributed by atoms with Crippen molar-refractivity contribution in [2.24, 2.45) is 0 Å². The van der Waals surface area contributed by atoms with Crippen LogP contribution in [0.15, 0.2) is 53.4 Å². The molecular formula is C21H26FN3O3S. The summed E-state index contributed by atoms with van der Waals surface area (Å²) in [4.78, 5) is 14.4. The third kappa shape index (κ3) is 5.13. The lowest BCUT2D eigenvalue weighted by Crippen LogP contribution is -2.48. The molecule has 0 radical (unpaired) electrons. The van der Waals surface area contributed by atoms with Crippen LogP contribution in [0.5, 0.6) is 0 Å². The van der Waals surface area contributed by atoms with Crippen LogP contribution in [-0.4, -0.2) is 51.4 Å². The molecule has 8 heteroatoms. The van der Waals surface area contributed by atoms with E-state index in [-0.39, 0.29) is 16.6 Å². The number of hydrogen-bond donors (Lipinski definition) is 1. The van der Waals surface area contributed by atoms with E-state index in [0.29, 0.717) is 38.3 Å². The highest BCUT2D eigenvalue weighted by molar-refractivity contribution is 7.89. The quantitative estimate of drug-likeness (QED) is 0.701. The highest BCUT2D eigenvalue weighted by Gasteiger charge is 2.29. The van der Waals surface area contributed by atoms with Gasteiger partial charge in [-0.05, 0) is 48.9 Å². The zero-order valence-electron chi connectivity index (χ0n) is 16.5. The summed E-state index contributed by atoms with van der Waals surface area (Å²) in [6, 6.07) is 12.3. The number of rotatable bonds is 7. The van der Waals surface area contributed by atoms with E-state index in [1.807, 2.05) is 11.8 Å². The maximum absolute atomic E-state index is 13.1. The molecule has 1 aliphatic heterocycles. The average Bonchev–Trinajstić information content (AvgIpc) is 2.74. The lowest BCUT2D eigenvalue weighted by Gasteiger charge is -2.35. The van der Waals surface area contributed by atoms with E-state index in [1.54, 1.807) is 24.3 Å². The van der Waals surface area contributed by atoms with Gasteiger partial charge in [-0.3, -0.25) is 4.79 Å². The maximum Gasteiger partial charge on any atom is 0.251 e. The second-order valence-electron chi connectivity index (χ2n) is 7.00. The third-order valence-corrected chi connectivity index (χ3v) is 6.87. The summed E-state index contributed by atoms with van der Waals surface area (Å²) in [6.07, 6.45) is 1.85. The van der Waals surface area contributed by atoms with Crippen molar-refractivity contribution in [3.05, 3.63) is 59.9 Å². The van der Waals surface area contributed by atoms with Gasteiger partial charge in [-0.25, -0.2) is 12.8 Å². The number of piperazine rings is 1. The van der Waals surface area contributed by atoms with Gasteiger partial charge in [0.25, 0.3) is 5.91 Å². The number of sulfonamides is 1. The fraction of sp³-hybridized carbons (Fsp3) is 0.381. The van der Waals surface area contributed by atoms with E-state index < -0.39 is 10.0 Å². The maximum atomic E-state index is 13.1. The van der Waals surface area contributed by atoms with Crippen molar-refractivity contribution in [1.29, 1.82) is 0 Å². The van der Waals surface area contributed by atoms with Crippen LogP contribution in [0.4, 0.5) is 10.1 Å². The van der Waals surface area contributed by atoms with Crippen molar-refractivity contribution < 1.29 is 17.6 Å². The van der Waals surface area contributed by atoms with Crippen LogP contribution in [0.1, 0.15) is 30.1 Å². The summed E-state index contributed by atoms with van der Waals surface area (Å²) in [6.45, 7) is 4.29. The molecule has 1 fully saturated rings. The van der Waals surface area contributed by atoms with Crippen LogP contribution in [0.2, 0.25) is 0 Å². The van der Waals surface area contributed by atoms with Crippen molar-refractivity contribution in [3.8, 4) is 0 Å². The number of carbonyl (C=O) groups excluding carboxylic acids is 1. The van der Waals surface area contributed by atoms with Gasteiger partial charge in [0.15, 0.2) is 0 Å². The van der Waals surface area contributed by atoms with Crippen LogP contribution in [0.3, 0.4) is 0 Å². The summed E-state index contributed by atoms with van der Waals surface area (Å²) in [5.74, 6) is -0.565. The Bertz CT molecular complexity index is 940. The van der Waals surface area contributed by atoms with Crippen LogP contribution in [0, 0.1) is 5.82 Å². The Morgan fingerprint density at radius 1 is 1.07 bits per heavy atom. The molecule has 2 aromatic rings. The molecule has 156 valence electrons. The molecule has 29 heavy (non-hydrogen) atoms. The molecule has 0 unspecified atom stereocenters. The SMILES string of the molecule is CCCCNC(=O)c1cccc(S(=O)(=O)N2CCN(c3ccc(F)cc3)CC2)c1. The predicted molar refractivity (Wildman–Crippen MR) is 111 cm³/mol. The minimum Gasteiger partial charge on any atom is -0.369 e. The first-order chi connectivity index (χ1) is 13.9. The van der Waals surface area contributed by atoms with Gasteiger partial charge in [-0.2, -0.15) is 4.31 Å². The minimum atomic E-state index is -3.69. The van der Waals surface area contributed by atoms with Crippen molar-refractivity contribution in [1.82, 2.24) is 9.62 Å². The van der Waals surface area contributed by atoms with Crippen LogP contribution >= 0.6 is 0 Å². The summed E-state index contributed by atoms with van der Waals surface area (Å²) >= 11 is 0. The Morgan fingerprint density at radius 2 is 1.76 bits per heavy atom. The Balaban J connectivity index is 1.67. The van der Waals surface area contributed by atoms with Gasteiger partial charge < -0.3 is 10.2 Å². The third-order valence-electron chi connectivity index (χ3n) is 4.98. The highest BCUT2D eigenvalue weighted by atomic mass is 32.2. The first-order valence-corrected chi connectivity index (χ1v) is 11.2. The lowest BCUT2D eigenvalue weighted by molar-refractivity contribution is 0.0953. The Hall–Kier alpha value is -2.45. The van der Waals surface area contributed by atoms with Gasteiger partial charge in [-0.15, -0.1) is 0 Å². The fourth-order valence-corrected chi connectivity index (χ4v) is 4.73. The predicted octanol–water partition coefficient (Wildman–Crippen LogP) is 2.87. The number of nitrogens with zero attached hydrogens (tertiary/aromatic N) is 2. The molecule has 6 nitrogen and oxygen atoms in total. The molecule has 1 amide bonds. The van der Waals surface area contributed by atoms with Gasteiger partial charge in [0.1, 0.15) is 5.82 Å². The monoisotopic (exact) mass is 419 g/mol. The van der Waals surface area contributed by atoms with Crippen molar-refractivity contribution >= 4 is 21.6 Å². The van der Waals surface area contributed by atoms with E-state index in [0.717, 1.165) is 18.5 Å². The summed E-state index contributed by atoms with van der Waals surface area (Å²) in [7, 11) is -3.69. The molecular weight excluding hydrogens is 393 g/mol. The van der Waals surface area contributed by atoms with Crippen LogP contribution < -0.4 is 10.2 Å². The minimum absolute atomic E-state index is 0.121. The number of halogens is 1. The number of carbonyl (C=O) groups is 1. The van der Waals surface area contributed by atoms with E-state index in [4.69, 9.17) is 0 Å². The number of amides is 1. The van der Waals surface area contributed by atoms with Gasteiger partial charge >= 0.3 is 0 Å². The standard InChI is InChI=1S/C21H26FN3O3S/c1-2-3-11-23-21(26)17-5-4-6-20(16-17)29(27,28)25-14-12-24(13-15-25)19-9-7-18(22)8-10-19/h4-10,16H,2-3,11-15H2,1H3,(H,23,26). The lowest BCUT2D eigenvalue weighted by atomic mass is 10.2. The number of benzene rings is 2. The summed E-state index contributed by atoms with van der Waals surface area (Å²) < 4.78 is 40.6. The Morgan fingerprint density at radius 3 is 2.41 bits per heavy atom. The first-order valence-electron chi connectivity index (χ1n) is 9.81. The molecule has 0 aromatic heterocycles. The molecule has 0 aliphatic carbocycles. The fourth-order valence-electron chi connectivity index (χ4n) is 3.27. The molecule has 0 saturated carbocycles. The van der Waals surface area contributed by atoms with E-state index in [1.165, 1.54) is 28.6 Å². The van der Waals surface area contributed by atoms with Gasteiger partial charge in [0.2, 0.25) is 10.0 Å². The molecule has 0 spiro atoms. The molecule has 0 atom stereocenters. The second-order valence-corrected chi connectivity index (χ2v) is 8.94. The highest BCUT2D eigenvalue weighted by Crippen LogP contribution is 2.22. The zero-order valence-corrected chi connectivity index (χ0v) is 17.3. The number of anilines is 1. The number of unbranched alkanes of at least 4 members (excludes halogenated alkanes) is 1. The van der Waals surface area contributed by atoms with Gasteiger partial charge in [0.05, 0.1) is 4.90 Å². The molecule has 0 bridgehead atoms. The normalized spacial score (nSPS) is 15.3. The molecule has 2 aromatic carbocycles. The van der Waals surface area contributed by atoms with Gasteiger partial charge in [-0.1, -0.05) is 19.4 Å². The van der Waals surface area contributed by atoms with Crippen molar-refractivity contribution in [2.45, 2.75) is 24.7 Å². The number of hydrogen-bond acceptors (Lipinski definition) is 4. The smallest absolute Gasteiger partial charge is 0.251 e. The molecule has 3 rings (SSSR count). The Labute approximate surface area is 171 Å². The molecule has 1 N–H and O–H groups in total. The van der Waals surface area contributed by atoms with E-state index >= 15 is 0 Å². The van der Waals surface area contributed by atoms with Crippen molar-refractivity contribution in [3.63, 3.8) is 0 Å². The topological polar surface area (TPSA) is 69.7 Å². The molecule has 1 heterocycles.